The fourth-order valence-electron chi connectivity index (χ4n) is 7.35. The second kappa shape index (κ2) is 33.0. The summed E-state index contributed by atoms with van der Waals surface area (Å²) in [6.45, 7) is 1.29. The van der Waals surface area contributed by atoms with Crippen molar-refractivity contribution in [2.45, 2.75) is 132 Å². The SMILES string of the molecule is C[C@H](NC(=O)[C@@H](NC(=O)[C@@H](N)CCCCN)[C@@H](O)CN)C(=O)NCC(=O)N[C@H](CCCN)C(=O)N1CCC[C@H]1C(=O)NC(Cc1cnc[nH]1)C(=O)N[C@@H](CCCCN)C(=O)N/C(=C\CCN=C(N)N)C(N)=O. The van der Waals surface area contributed by atoms with E-state index in [1.807, 2.05) is 0 Å². The number of nitrogens with one attached hydrogen (secondary N) is 8. The van der Waals surface area contributed by atoms with Crippen molar-refractivity contribution in [1.82, 2.24) is 52.1 Å². The minimum Gasteiger partial charge on any atom is -0.389 e. The molecule has 0 saturated carbocycles. The third-order valence-corrected chi connectivity index (χ3v) is 11.3. The van der Waals surface area contributed by atoms with Gasteiger partial charge in [0.1, 0.15) is 41.9 Å². The van der Waals surface area contributed by atoms with Gasteiger partial charge in [0.25, 0.3) is 5.91 Å². The Labute approximate surface area is 417 Å². The summed E-state index contributed by atoms with van der Waals surface area (Å²) in [5.41, 5.74) is 44.8. The number of H-pyrrole nitrogens is 1. The lowest BCUT2D eigenvalue weighted by Gasteiger charge is -2.30. The molecule has 1 saturated heterocycles. The number of aliphatic hydroxyl groups is 1. The molecule has 25 N–H and O–H groups in total. The molecule has 1 aromatic heterocycles. The van der Waals surface area contributed by atoms with Crippen molar-refractivity contribution >= 4 is 59.1 Å². The van der Waals surface area contributed by atoms with Gasteiger partial charge < -0.3 is 98.1 Å². The second-order valence-electron chi connectivity index (χ2n) is 17.1. The second-order valence-corrected chi connectivity index (χ2v) is 17.1. The minimum atomic E-state index is -1.56. The lowest BCUT2D eigenvalue weighted by Crippen LogP contribution is -2.60. The molecule has 8 atom stereocenters. The summed E-state index contributed by atoms with van der Waals surface area (Å²) >= 11 is 0. The molecule has 72 heavy (non-hydrogen) atoms. The number of nitrogens with zero attached hydrogens (tertiary/aromatic N) is 3. The molecule has 2 heterocycles. The van der Waals surface area contributed by atoms with Crippen LogP contribution in [0.2, 0.25) is 0 Å². The molecule has 0 radical (unpaired) electrons. The summed E-state index contributed by atoms with van der Waals surface area (Å²) in [5, 5.41) is 27.9. The molecular formula is C43H77N19O10. The monoisotopic (exact) mass is 1020 g/mol. The number of aromatic nitrogens is 2. The molecule has 1 aromatic rings. The number of primary amides is 1. The van der Waals surface area contributed by atoms with E-state index in [-0.39, 0.29) is 76.2 Å². The maximum absolute atomic E-state index is 14.2. The van der Waals surface area contributed by atoms with E-state index in [0.29, 0.717) is 50.9 Å². The molecule has 29 heteroatoms. The number of aliphatic hydroxyl groups excluding tert-OH is 1. The van der Waals surface area contributed by atoms with Crippen LogP contribution in [-0.2, 0) is 49.6 Å². The first-order valence-electron chi connectivity index (χ1n) is 23.9. The summed E-state index contributed by atoms with van der Waals surface area (Å²) in [7, 11) is 0. The maximum Gasteiger partial charge on any atom is 0.264 e. The van der Waals surface area contributed by atoms with E-state index in [1.54, 1.807) is 0 Å². The van der Waals surface area contributed by atoms with Gasteiger partial charge in [0.05, 0.1) is 25.0 Å². The van der Waals surface area contributed by atoms with Gasteiger partial charge in [-0.15, -0.1) is 0 Å². The topological polar surface area (TPSA) is 511 Å². The zero-order valence-electron chi connectivity index (χ0n) is 40.9. The number of imidazole rings is 1. The number of hydrogen-bond acceptors (Lipinski definition) is 17. The van der Waals surface area contributed by atoms with Crippen molar-refractivity contribution in [3.8, 4) is 0 Å². The molecule has 9 amide bonds. The molecule has 0 aromatic carbocycles. The van der Waals surface area contributed by atoms with Gasteiger partial charge in [0, 0.05) is 37.9 Å². The van der Waals surface area contributed by atoms with Gasteiger partial charge in [-0.3, -0.25) is 48.1 Å². The number of aliphatic imine (C=N–C) groups is 1. The summed E-state index contributed by atoms with van der Waals surface area (Å²) in [4.78, 5) is 132. The molecule has 0 spiro atoms. The Hall–Kier alpha value is -6.79. The Morgan fingerprint density at radius 2 is 1.47 bits per heavy atom. The van der Waals surface area contributed by atoms with Crippen LogP contribution in [0.15, 0.2) is 29.3 Å². The normalized spacial score (nSPS) is 16.3. The van der Waals surface area contributed by atoms with Crippen molar-refractivity contribution in [2.24, 2.45) is 50.9 Å². The third kappa shape index (κ3) is 21.7. The van der Waals surface area contributed by atoms with Crippen molar-refractivity contribution in [3.05, 3.63) is 30.0 Å². The maximum atomic E-state index is 14.2. The summed E-state index contributed by atoms with van der Waals surface area (Å²) < 4.78 is 0. The van der Waals surface area contributed by atoms with Gasteiger partial charge in [0.2, 0.25) is 47.3 Å². The van der Waals surface area contributed by atoms with Gasteiger partial charge in [-0.1, -0.05) is 12.5 Å². The Bertz CT molecular complexity index is 2000. The van der Waals surface area contributed by atoms with Crippen LogP contribution in [0.5, 0.6) is 0 Å². The van der Waals surface area contributed by atoms with E-state index < -0.39 is 115 Å². The number of aromatic amines is 1. The number of amides is 9. The summed E-state index contributed by atoms with van der Waals surface area (Å²) in [6, 6.07) is -8.68. The van der Waals surface area contributed by atoms with Crippen LogP contribution in [0.1, 0.15) is 83.2 Å². The number of carbonyl (C=O) groups excluding carboxylic acids is 9. The van der Waals surface area contributed by atoms with Crippen LogP contribution in [0.4, 0.5) is 0 Å². The lowest BCUT2D eigenvalue weighted by atomic mass is 10.1. The highest BCUT2D eigenvalue weighted by Gasteiger charge is 2.39. The standard InChI is InChI=1S/C43H77N19O10/c1-24(56-41(71)34(32(63)20-47)61-37(67)26(48)9-2-4-14-44)36(66)54-22-33(64)57-29(11-6-16-46)42(72)62-18-8-13-31(62)40(70)60-30(19-25-21-52-23-55-25)39(69)59-28(10-3-5-15-45)38(68)58-27(35(49)65)12-7-17-53-43(50)51/h12,21,23-24,26,28-32,34,63H,2-11,13-20,22,44-48H2,1H3,(H2,49,65)(H,52,55)(H,54,66)(H,56,71)(H,57,64)(H,58,68)(H,59,69)(H,60,70)(H,61,67)(H4,50,51,53)/b27-12-/t24-,26-,28-,29+,30?,31-,32-,34-/m0/s1. The average molecular weight is 1020 g/mol. The highest BCUT2D eigenvalue weighted by Crippen LogP contribution is 2.20. The molecule has 0 aliphatic carbocycles. The number of unbranched alkanes of at least 4 members (excludes halogenated alkanes) is 2. The smallest absolute Gasteiger partial charge is 0.264 e. The van der Waals surface area contributed by atoms with E-state index >= 15 is 0 Å². The molecule has 1 fully saturated rings. The van der Waals surface area contributed by atoms with Crippen LogP contribution in [0.25, 0.3) is 0 Å². The molecule has 404 valence electrons. The first-order chi connectivity index (χ1) is 34.3. The Morgan fingerprint density at radius 3 is 2.08 bits per heavy atom. The predicted molar refractivity (Wildman–Crippen MR) is 263 cm³/mol. The van der Waals surface area contributed by atoms with E-state index in [2.05, 4.69) is 52.2 Å². The van der Waals surface area contributed by atoms with E-state index in [4.69, 9.17) is 45.9 Å². The zero-order valence-corrected chi connectivity index (χ0v) is 40.9. The quantitative estimate of drug-likeness (QED) is 0.0132. The van der Waals surface area contributed by atoms with Crippen LogP contribution in [0.3, 0.4) is 0 Å². The van der Waals surface area contributed by atoms with Crippen LogP contribution >= 0.6 is 0 Å². The highest BCUT2D eigenvalue weighted by atomic mass is 16.3. The Kier molecular flexibility index (Phi) is 28.1. The first kappa shape index (κ1) is 61.3. The van der Waals surface area contributed by atoms with Gasteiger partial charge in [-0.05, 0) is 90.8 Å². The number of hydrogen-bond donors (Lipinski definition) is 17. The number of guanidine groups is 1. The van der Waals surface area contributed by atoms with Crippen LogP contribution in [-0.4, -0.2) is 173 Å². The van der Waals surface area contributed by atoms with Crippen LogP contribution in [0, 0.1) is 0 Å². The molecule has 1 aliphatic rings. The average Bonchev–Trinajstić information content (AvgIpc) is 4.06. The molecule has 0 bridgehead atoms. The number of carbonyl (C=O) groups is 9. The number of likely N-dealkylation sites (tertiary alicyclic amines) is 1. The molecule has 1 aliphatic heterocycles. The van der Waals surface area contributed by atoms with Gasteiger partial charge >= 0.3 is 0 Å². The van der Waals surface area contributed by atoms with Gasteiger partial charge in [-0.25, -0.2) is 4.98 Å². The fraction of sp³-hybridized carbons (Fsp3) is 0.651. The summed E-state index contributed by atoms with van der Waals surface area (Å²) in [5.74, 6) is -7.31. The first-order valence-corrected chi connectivity index (χ1v) is 23.9. The predicted octanol–water partition coefficient (Wildman–Crippen LogP) is -7.70. The molecular weight excluding hydrogens is 943 g/mol. The van der Waals surface area contributed by atoms with E-state index in [9.17, 15) is 48.3 Å². The van der Waals surface area contributed by atoms with Crippen molar-refractivity contribution in [2.75, 3.05) is 45.8 Å². The van der Waals surface area contributed by atoms with Gasteiger partial charge in [-0.2, -0.15) is 0 Å². The van der Waals surface area contributed by atoms with Crippen molar-refractivity contribution in [1.29, 1.82) is 0 Å². The molecule has 2 rings (SSSR count). The zero-order chi connectivity index (χ0) is 53.8. The van der Waals surface area contributed by atoms with Crippen LogP contribution < -0.4 is 83.1 Å². The van der Waals surface area contributed by atoms with E-state index in [0.717, 1.165) is 0 Å². The largest absolute Gasteiger partial charge is 0.389 e. The fourth-order valence-corrected chi connectivity index (χ4v) is 7.35. The van der Waals surface area contributed by atoms with Crippen molar-refractivity contribution in [3.63, 3.8) is 0 Å². The molecule has 1 unspecified atom stereocenters. The van der Waals surface area contributed by atoms with Crippen molar-refractivity contribution < 1.29 is 48.3 Å². The number of nitrogens with two attached hydrogens (primary N) is 8. The highest BCUT2D eigenvalue weighted by molar-refractivity contribution is 6.00. The van der Waals surface area contributed by atoms with E-state index in [1.165, 1.54) is 30.4 Å². The Morgan fingerprint density at radius 1 is 0.806 bits per heavy atom. The lowest BCUT2D eigenvalue weighted by molar-refractivity contribution is -0.142. The van der Waals surface area contributed by atoms with Gasteiger partial charge in [0.15, 0.2) is 5.96 Å². The minimum absolute atomic E-state index is 0.0565. The Balaban J connectivity index is 2.20. The molecule has 29 nitrogen and oxygen atoms in total. The summed E-state index contributed by atoms with van der Waals surface area (Å²) in [6.07, 6.45) is 5.99. The number of rotatable bonds is 34. The third-order valence-electron chi connectivity index (χ3n) is 11.3.